The van der Waals surface area contributed by atoms with Gasteiger partial charge in [-0.15, -0.1) is 0 Å². The van der Waals surface area contributed by atoms with Gasteiger partial charge in [-0.05, 0) is 55.9 Å². The predicted molar refractivity (Wildman–Crippen MR) is 123 cm³/mol. The van der Waals surface area contributed by atoms with Gasteiger partial charge in [0.1, 0.15) is 0 Å². The van der Waals surface area contributed by atoms with Crippen LogP contribution in [0.4, 0.5) is 0 Å². The molecule has 1 aliphatic heterocycles. The van der Waals surface area contributed by atoms with E-state index in [1.54, 1.807) is 4.57 Å². The molecule has 0 atom stereocenters. The van der Waals surface area contributed by atoms with Gasteiger partial charge in [-0.3, -0.25) is 14.2 Å². The van der Waals surface area contributed by atoms with Crippen LogP contribution >= 0.6 is 11.8 Å². The first-order valence-electron chi connectivity index (χ1n) is 10.4. The Kier molecular flexibility index (Phi) is 5.95. The van der Waals surface area contributed by atoms with E-state index in [9.17, 15) is 9.59 Å². The Morgan fingerprint density at radius 1 is 1.07 bits per heavy atom. The zero-order valence-corrected chi connectivity index (χ0v) is 18.5. The highest BCUT2D eigenvalue weighted by molar-refractivity contribution is 7.99. The molecule has 1 saturated heterocycles. The first kappa shape index (κ1) is 20.7. The second-order valence-electron chi connectivity index (χ2n) is 8.14. The largest absolute Gasteiger partial charge is 0.342 e. The monoisotopic (exact) mass is 421 g/mol. The van der Waals surface area contributed by atoms with Gasteiger partial charge in [0, 0.05) is 13.1 Å². The Balaban J connectivity index is 1.73. The number of rotatable bonds is 4. The van der Waals surface area contributed by atoms with Crippen LogP contribution in [0, 0.1) is 19.8 Å². The molecule has 1 fully saturated rings. The Labute approximate surface area is 181 Å². The number of benzene rings is 2. The van der Waals surface area contributed by atoms with Crippen LogP contribution in [0.2, 0.25) is 0 Å². The minimum Gasteiger partial charge on any atom is -0.342 e. The number of para-hydroxylation sites is 2. The molecule has 4 rings (SSSR count). The molecular formula is C24H27N3O2S. The number of hydrogen-bond acceptors (Lipinski definition) is 4. The number of nitrogens with zero attached hydrogens (tertiary/aromatic N) is 3. The fourth-order valence-corrected chi connectivity index (χ4v) is 4.94. The molecule has 1 aromatic heterocycles. The van der Waals surface area contributed by atoms with Crippen molar-refractivity contribution in [2.45, 2.75) is 38.8 Å². The highest BCUT2D eigenvalue weighted by Gasteiger charge is 2.22. The van der Waals surface area contributed by atoms with E-state index in [0.717, 1.165) is 42.7 Å². The predicted octanol–water partition coefficient (Wildman–Crippen LogP) is 4.35. The highest BCUT2D eigenvalue weighted by Crippen LogP contribution is 2.26. The summed E-state index contributed by atoms with van der Waals surface area (Å²) in [4.78, 5) is 33.0. The summed E-state index contributed by atoms with van der Waals surface area (Å²) in [6.07, 6.45) is 2.11. The Morgan fingerprint density at radius 3 is 2.43 bits per heavy atom. The van der Waals surface area contributed by atoms with Crippen LogP contribution in [-0.2, 0) is 4.79 Å². The van der Waals surface area contributed by atoms with Crippen LogP contribution in [-0.4, -0.2) is 39.2 Å². The third-order valence-corrected chi connectivity index (χ3v) is 6.79. The summed E-state index contributed by atoms with van der Waals surface area (Å²) < 4.78 is 1.68. The lowest BCUT2D eigenvalue weighted by atomic mass is 9.99. The summed E-state index contributed by atoms with van der Waals surface area (Å²) in [5, 5.41) is 1.15. The van der Waals surface area contributed by atoms with Crippen molar-refractivity contribution in [1.82, 2.24) is 14.5 Å². The van der Waals surface area contributed by atoms with Crippen molar-refractivity contribution in [3.8, 4) is 5.69 Å². The van der Waals surface area contributed by atoms with Crippen LogP contribution < -0.4 is 5.56 Å². The molecule has 2 aromatic carbocycles. The second-order valence-corrected chi connectivity index (χ2v) is 9.09. The molecule has 5 nitrogen and oxygen atoms in total. The maximum Gasteiger partial charge on any atom is 0.266 e. The van der Waals surface area contributed by atoms with E-state index in [-0.39, 0.29) is 17.2 Å². The van der Waals surface area contributed by atoms with E-state index in [2.05, 4.69) is 6.92 Å². The smallest absolute Gasteiger partial charge is 0.266 e. The Hall–Kier alpha value is -2.60. The zero-order valence-electron chi connectivity index (χ0n) is 17.7. The third kappa shape index (κ3) is 4.01. The van der Waals surface area contributed by atoms with Gasteiger partial charge < -0.3 is 4.90 Å². The first-order chi connectivity index (χ1) is 14.5. The van der Waals surface area contributed by atoms with Gasteiger partial charge in [-0.2, -0.15) is 0 Å². The number of thioether (sulfide) groups is 1. The molecule has 6 heteroatoms. The van der Waals surface area contributed by atoms with Crippen LogP contribution in [0.25, 0.3) is 16.6 Å². The molecule has 0 spiro atoms. The molecule has 3 aromatic rings. The number of carbonyl (C=O) groups excluding carboxylic acids is 1. The Bertz CT molecular complexity index is 1130. The van der Waals surface area contributed by atoms with Gasteiger partial charge in [-0.25, -0.2) is 4.98 Å². The number of aromatic nitrogens is 2. The molecule has 0 saturated carbocycles. The molecule has 2 heterocycles. The van der Waals surface area contributed by atoms with E-state index < -0.39 is 0 Å². The highest BCUT2D eigenvalue weighted by atomic mass is 32.2. The summed E-state index contributed by atoms with van der Waals surface area (Å²) in [6.45, 7) is 7.86. The molecule has 0 radical (unpaired) electrons. The number of aryl methyl sites for hydroxylation is 2. The molecule has 0 bridgehead atoms. The van der Waals surface area contributed by atoms with E-state index >= 15 is 0 Å². The SMILES string of the molecule is Cc1cccc(C)c1-n1c(SCC(=O)N2CCC(C)CC2)nc2ccccc2c1=O. The summed E-state index contributed by atoms with van der Waals surface area (Å²) in [5.74, 6) is 1.07. The maximum atomic E-state index is 13.5. The lowest BCUT2D eigenvalue weighted by molar-refractivity contribution is -0.129. The van der Waals surface area contributed by atoms with E-state index in [1.165, 1.54) is 11.8 Å². The standard InChI is InChI=1S/C24H27N3O2S/c1-16-11-13-26(14-12-16)21(28)15-30-24-25-20-10-5-4-9-19(20)23(29)27(24)22-17(2)7-6-8-18(22)3/h4-10,16H,11-15H2,1-3H3. The molecule has 0 unspecified atom stereocenters. The fraction of sp³-hybridized carbons (Fsp3) is 0.375. The number of likely N-dealkylation sites (tertiary alicyclic amines) is 1. The van der Waals surface area contributed by atoms with E-state index in [0.29, 0.717) is 22.0 Å². The fourth-order valence-electron chi connectivity index (χ4n) is 4.04. The topological polar surface area (TPSA) is 55.2 Å². The van der Waals surface area contributed by atoms with Gasteiger partial charge in [0.05, 0.1) is 22.3 Å². The summed E-state index contributed by atoms with van der Waals surface area (Å²) in [6, 6.07) is 13.4. The van der Waals surface area contributed by atoms with Crippen molar-refractivity contribution in [3.63, 3.8) is 0 Å². The molecule has 1 aliphatic rings. The zero-order chi connectivity index (χ0) is 21.3. The van der Waals surface area contributed by atoms with Crippen molar-refractivity contribution >= 4 is 28.6 Å². The molecule has 0 aliphatic carbocycles. The number of hydrogen-bond donors (Lipinski definition) is 0. The normalized spacial score (nSPS) is 15.0. The van der Waals surface area contributed by atoms with Crippen molar-refractivity contribution in [2.75, 3.05) is 18.8 Å². The third-order valence-electron chi connectivity index (χ3n) is 5.87. The lowest BCUT2D eigenvalue weighted by Crippen LogP contribution is -2.39. The quantitative estimate of drug-likeness (QED) is 0.464. The molecule has 1 amide bonds. The average Bonchev–Trinajstić information content (AvgIpc) is 2.74. The van der Waals surface area contributed by atoms with Crippen LogP contribution in [0.3, 0.4) is 0 Å². The van der Waals surface area contributed by atoms with Gasteiger partial charge in [0.2, 0.25) is 5.91 Å². The molecule has 156 valence electrons. The van der Waals surface area contributed by atoms with Gasteiger partial charge in [-0.1, -0.05) is 49.0 Å². The first-order valence-corrected chi connectivity index (χ1v) is 11.4. The number of piperidine rings is 1. The van der Waals surface area contributed by atoms with Gasteiger partial charge in [0.25, 0.3) is 5.56 Å². The van der Waals surface area contributed by atoms with Crippen LogP contribution in [0.15, 0.2) is 52.4 Å². The van der Waals surface area contributed by atoms with Crippen LogP contribution in [0.1, 0.15) is 30.9 Å². The number of carbonyl (C=O) groups is 1. The summed E-state index contributed by atoms with van der Waals surface area (Å²) in [5.41, 5.74) is 3.42. The number of amides is 1. The number of fused-ring (bicyclic) bond motifs is 1. The minimum absolute atomic E-state index is 0.0975. The molecular weight excluding hydrogens is 394 g/mol. The van der Waals surface area contributed by atoms with Crippen molar-refractivity contribution in [1.29, 1.82) is 0 Å². The average molecular weight is 422 g/mol. The van der Waals surface area contributed by atoms with Crippen molar-refractivity contribution in [2.24, 2.45) is 5.92 Å². The summed E-state index contributed by atoms with van der Waals surface area (Å²) >= 11 is 1.35. The second kappa shape index (κ2) is 8.64. The van der Waals surface area contributed by atoms with E-state index in [1.807, 2.05) is 61.2 Å². The maximum absolute atomic E-state index is 13.5. The van der Waals surface area contributed by atoms with Gasteiger partial charge >= 0.3 is 0 Å². The Morgan fingerprint density at radius 2 is 1.73 bits per heavy atom. The summed E-state index contributed by atoms with van der Waals surface area (Å²) in [7, 11) is 0. The van der Waals surface area contributed by atoms with Crippen LogP contribution in [0.5, 0.6) is 0 Å². The van der Waals surface area contributed by atoms with Gasteiger partial charge in [0.15, 0.2) is 5.16 Å². The van der Waals surface area contributed by atoms with Crippen molar-refractivity contribution in [3.05, 3.63) is 63.9 Å². The minimum atomic E-state index is -0.0975. The lowest BCUT2D eigenvalue weighted by Gasteiger charge is -2.30. The molecule has 30 heavy (non-hydrogen) atoms. The van der Waals surface area contributed by atoms with Crippen molar-refractivity contribution < 1.29 is 4.79 Å². The van der Waals surface area contributed by atoms with E-state index in [4.69, 9.17) is 4.98 Å². The molecule has 0 N–H and O–H groups in total.